The second-order valence-electron chi connectivity index (χ2n) is 7.54. The molecule has 33 heavy (non-hydrogen) atoms. The molecule has 1 fully saturated rings. The highest BCUT2D eigenvalue weighted by Gasteiger charge is 2.47. The summed E-state index contributed by atoms with van der Waals surface area (Å²) in [4.78, 5) is 27.6. The van der Waals surface area contributed by atoms with E-state index < -0.39 is 17.7 Å². The number of aliphatic hydroxyl groups is 1. The first-order valence-electron chi connectivity index (χ1n) is 9.93. The van der Waals surface area contributed by atoms with Gasteiger partial charge in [0.05, 0.1) is 28.8 Å². The van der Waals surface area contributed by atoms with Crippen LogP contribution in [0.4, 0.5) is 5.69 Å². The molecule has 8 heteroatoms. The molecule has 1 aliphatic rings. The second kappa shape index (κ2) is 8.81. The van der Waals surface area contributed by atoms with Crippen LogP contribution in [0.25, 0.3) is 5.76 Å². The SMILES string of the molecule is COc1ccc(/C(O)=C2\C(=O)C(=O)N(c3ccc(Cl)c(Cl)c3)C2c2ccc(O)cc2)c(C)c1. The van der Waals surface area contributed by atoms with E-state index in [0.29, 0.717) is 33.1 Å². The van der Waals surface area contributed by atoms with Crippen molar-refractivity contribution < 1.29 is 24.5 Å². The van der Waals surface area contributed by atoms with Crippen molar-refractivity contribution in [1.29, 1.82) is 0 Å². The number of ketones is 1. The van der Waals surface area contributed by atoms with Crippen molar-refractivity contribution in [2.24, 2.45) is 0 Å². The lowest BCUT2D eigenvalue weighted by Gasteiger charge is -2.26. The molecule has 3 aromatic carbocycles. The molecule has 1 atom stereocenters. The number of phenolic OH excluding ortho intramolecular Hbond substituents is 1. The summed E-state index contributed by atoms with van der Waals surface area (Å²) < 4.78 is 5.22. The number of amides is 1. The zero-order valence-corrected chi connectivity index (χ0v) is 19.2. The molecule has 1 heterocycles. The minimum Gasteiger partial charge on any atom is -0.508 e. The third kappa shape index (κ3) is 4.03. The molecule has 168 valence electrons. The number of carbonyl (C=O) groups is 2. The lowest BCUT2D eigenvalue weighted by Crippen LogP contribution is -2.29. The number of aromatic hydroxyl groups is 1. The Bertz CT molecular complexity index is 1300. The van der Waals surface area contributed by atoms with Gasteiger partial charge in [0.25, 0.3) is 11.7 Å². The van der Waals surface area contributed by atoms with Gasteiger partial charge in [-0.2, -0.15) is 0 Å². The number of ether oxygens (including phenoxy) is 1. The van der Waals surface area contributed by atoms with E-state index in [-0.39, 0.29) is 22.1 Å². The summed E-state index contributed by atoms with van der Waals surface area (Å²) in [6.07, 6.45) is 0. The topological polar surface area (TPSA) is 87.1 Å². The molecule has 1 saturated heterocycles. The van der Waals surface area contributed by atoms with E-state index in [1.54, 1.807) is 43.3 Å². The van der Waals surface area contributed by atoms with Crippen molar-refractivity contribution in [3.8, 4) is 11.5 Å². The Morgan fingerprint density at radius 2 is 1.67 bits per heavy atom. The van der Waals surface area contributed by atoms with E-state index in [4.69, 9.17) is 27.9 Å². The standard InChI is InChI=1S/C25H19Cl2NO5/c1-13-11-17(33-2)8-9-18(13)23(30)21-22(14-3-6-16(29)7-4-14)28(25(32)24(21)31)15-5-10-19(26)20(27)12-15/h3-12,22,29-30H,1-2H3/b23-21+. The van der Waals surface area contributed by atoms with Crippen LogP contribution in [0.2, 0.25) is 10.0 Å². The summed E-state index contributed by atoms with van der Waals surface area (Å²) in [5.41, 5.74) is 1.84. The summed E-state index contributed by atoms with van der Waals surface area (Å²) in [5, 5.41) is 21.5. The van der Waals surface area contributed by atoms with Crippen molar-refractivity contribution in [3.05, 3.63) is 93.0 Å². The number of phenols is 1. The van der Waals surface area contributed by atoms with Crippen LogP contribution in [0.3, 0.4) is 0 Å². The maximum Gasteiger partial charge on any atom is 0.300 e. The number of carbonyl (C=O) groups excluding carboxylic acids is 2. The maximum absolute atomic E-state index is 13.2. The Labute approximate surface area is 200 Å². The van der Waals surface area contributed by atoms with Crippen LogP contribution >= 0.6 is 23.2 Å². The van der Waals surface area contributed by atoms with Gasteiger partial charge < -0.3 is 14.9 Å². The quantitative estimate of drug-likeness (QED) is 0.284. The Balaban J connectivity index is 1.96. The number of aryl methyl sites for hydroxylation is 1. The fourth-order valence-corrected chi connectivity index (χ4v) is 4.17. The highest BCUT2D eigenvalue weighted by molar-refractivity contribution is 6.52. The predicted molar refractivity (Wildman–Crippen MR) is 127 cm³/mol. The first-order chi connectivity index (χ1) is 15.7. The molecule has 1 amide bonds. The van der Waals surface area contributed by atoms with E-state index in [9.17, 15) is 19.8 Å². The summed E-state index contributed by atoms with van der Waals surface area (Å²) in [5.74, 6) is -1.35. The number of Topliss-reactive ketones (excluding diaryl/α,β-unsaturated/α-hetero) is 1. The third-order valence-corrected chi connectivity index (χ3v) is 6.26. The van der Waals surface area contributed by atoms with Crippen LogP contribution in [0.15, 0.2) is 66.2 Å². The first-order valence-corrected chi connectivity index (χ1v) is 10.7. The molecule has 6 nitrogen and oxygen atoms in total. The van der Waals surface area contributed by atoms with Crippen LogP contribution in [-0.4, -0.2) is 29.0 Å². The van der Waals surface area contributed by atoms with Gasteiger partial charge in [0.2, 0.25) is 0 Å². The summed E-state index contributed by atoms with van der Waals surface area (Å²) in [7, 11) is 1.53. The molecule has 0 radical (unpaired) electrons. The fraction of sp³-hybridized carbons (Fsp3) is 0.120. The molecule has 1 unspecified atom stereocenters. The van der Waals surface area contributed by atoms with Gasteiger partial charge in [-0.15, -0.1) is 0 Å². The van der Waals surface area contributed by atoms with Gasteiger partial charge in [-0.05, 0) is 66.6 Å². The number of nitrogens with zero attached hydrogens (tertiary/aromatic N) is 1. The van der Waals surface area contributed by atoms with Gasteiger partial charge in [0, 0.05) is 11.3 Å². The van der Waals surface area contributed by atoms with Crippen LogP contribution < -0.4 is 9.64 Å². The monoisotopic (exact) mass is 483 g/mol. The van der Waals surface area contributed by atoms with E-state index in [1.165, 1.54) is 36.3 Å². The second-order valence-corrected chi connectivity index (χ2v) is 8.35. The number of anilines is 1. The molecule has 0 saturated carbocycles. The largest absolute Gasteiger partial charge is 0.508 e. The molecular formula is C25H19Cl2NO5. The predicted octanol–water partition coefficient (Wildman–Crippen LogP) is 5.64. The Hall–Kier alpha value is -3.48. The van der Waals surface area contributed by atoms with Crippen LogP contribution in [0.1, 0.15) is 22.7 Å². The van der Waals surface area contributed by atoms with Crippen molar-refractivity contribution in [2.45, 2.75) is 13.0 Å². The Kier molecular flexibility index (Phi) is 6.06. The zero-order valence-electron chi connectivity index (χ0n) is 17.7. The number of benzene rings is 3. The Morgan fingerprint density at radius 3 is 2.27 bits per heavy atom. The average molecular weight is 484 g/mol. The number of aliphatic hydroxyl groups excluding tert-OH is 1. The van der Waals surface area contributed by atoms with Crippen molar-refractivity contribution in [2.75, 3.05) is 12.0 Å². The number of methoxy groups -OCH3 is 1. The van der Waals surface area contributed by atoms with E-state index in [0.717, 1.165) is 0 Å². The highest BCUT2D eigenvalue weighted by Crippen LogP contribution is 2.44. The third-order valence-electron chi connectivity index (χ3n) is 5.52. The van der Waals surface area contributed by atoms with Gasteiger partial charge in [0.1, 0.15) is 17.3 Å². The van der Waals surface area contributed by atoms with Gasteiger partial charge in [0.15, 0.2) is 0 Å². The molecule has 0 bridgehead atoms. The van der Waals surface area contributed by atoms with Gasteiger partial charge >= 0.3 is 0 Å². The molecular weight excluding hydrogens is 465 g/mol. The van der Waals surface area contributed by atoms with Crippen molar-refractivity contribution in [1.82, 2.24) is 0 Å². The van der Waals surface area contributed by atoms with Gasteiger partial charge in [-0.3, -0.25) is 14.5 Å². The summed E-state index contributed by atoms with van der Waals surface area (Å²) >= 11 is 12.2. The molecule has 1 aliphatic heterocycles. The van der Waals surface area contributed by atoms with Crippen LogP contribution in [0.5, 0.6) is 11.5 Å². The van der Waals surface area contributed by atoms with Gasteiger partial charge in [-0.25, -0.2) is 0 Å². The van der Waals surface area contributed by atoms with Crippen LogP contribution in [-0.2, 0) is 9.59 Å². The zero-order chi connectivity index (χ0) is 23.9. The summed E-state index contributed by atoms with van der Waals surface area (Å²) in [6.45, 7) is 1.77. The average Bonchev–Trinajstić information content (AvgIpc) is 3.06. The molecule has 0 aliphatic carbocycles. The fourth-order valence-electron chi connectivity index (χ4n) is 3.88. The van der Waals surface area contributed by atoms with Crippen LogP contribution in [0, 0.1) is 6.92 Å². The number of rotatable bonds is 4. The number of halogens is 2. The molecule has 0 spiro atoms. The molecule has 3 aromatic rings. The van der Waals surface area contributed by atoms with Gasteiger partial charge in [-0.1, -0.05) is 35.3 Å². The Morgan fingerprint density at radius 1 is 0.970 bits per heavy atom. The normalized spacial score (nSPS) is 17.5. The molecule has 2 N–H and O–H groups in total. The molecule has 0 aromatic heterocycles. The smallest absolute Gasteiger partial charge is 0.300 e. The first kappa shape index (κ1) is 22.7. The lowest BCUT2D eigenvalue weighted by atomic mass is 9.93. The van der Waals surface area contributed by atoms with E-state index >= 15 is 0 Å². The number of hydrogen-bond donors (Lipinski definition) is 2. The maximum atomic E-state index is 13.2. The number of hydrogen-bond acceptors (Lipinski definition) is 5. The minimum absolute atomic E-state index is 0.0243. The van der Waals surface area contributed by atoms with E-state index in [2.05, 4.69) is 0 Å². The van der Waals surface area contributed by atoms with E-state index in [1.807, 2.05) is 0 Å². The lowest BCUT2D eigenvalue weighted by molar-refractivity contribution is -0.132. The highest BCUT2D eigenvalue weighted by atomic mass is 35.5. The van der Waals surface area contributed by atoms with Crippen molar-refractivity contribution in [3.63, 3.8) is 0 Å². The minimum atomic E-state index is -0.954. The molecule has 4 rings (SSSR count). The summed E-state index contributed by atoms with van der Waals surface area (Å²) in [6, 6.07) is 14.7. The van der Waals surface area contributed by atoms with Crippen molar-refractivity contribution >= 4 is 46.3 Å².